The number of phenols is 1. The third kappa shape index (κ3) is 12.2. The molecule has 0 aromatic heterocycles. The van der Waals surface area contributed by atoms with E-state index in [0.29, 0.717) is 5.69 Å². The van der Waals surface area contributed by atoms with E-state index in [1.165, 1.54) is 66.7 Å². The molecular formula is C30H33N5O16S5. The van der Waals surface area contributed by atoms with Crippen LogP contribution in [0.1, 0.15) is 12.0 Å². The van der Waals surface area contributed by atoms with Crippen LogP contribution in [0.3, 0.4) is 0 Å². The molecule has 26 heteroatoms. The summed E-state index contributed by atoms with van der Waals surface area (Å²) >= 11 is 0. The highest BCUT2D eigenvalue weighted by Gasteiger charge is 2.22. The molecule has 4 N–H and O–H groups in total. The second-order valence-corrected chi connectivity index (χ2v) is 19.4. The molecule has 0 spiro atoms. The van der Waals surface area contributed by atoms with Gasteiger partial charge in [-0.1, -0.05) is 0 Å². The summed E-state index contributed by atoms with van der Waals surface area (Å²) in [4.78, 5) is -0.323. The zero-order valence-corrected chi connectivity index (χ0v) is 33.2. The molecule has 0 amide bonds. The maximum atomic E-state index is 12.6. The number of nitrogens with one attached hydrogen (secondary N) is 1. The minimum atomic E-state index is -4.73. The van der Waals surface area contributed by atoms with Crippen molar-refractivity contribution in [2.45, 2.75) is 22.0 Å². The van der Waals surface area contributed by atoms with Crippen molar-refractivity contribution in [2.75, 3.05) is 44.2 Å². The molecule has 0 radical (unpaired) electrons. The molecule has 0 saturated carbocycles. The van der Waals surface area contributed by atoms with E-state index in [-0.39, 0.29) is 55.3 Å². The quantitative estimate of drug-likeness (QED) is 0.0573. The minimum Gasteiger partial charge on any atom is -0.505 e. The lowest BCUT2D eigenvalue weighted by atomic mass is 10.0. The van der Waals surface area contributed by atoms with Crippen molar-refractivity contribution in [3.63, 3.8) is 0 Å². The van der Waals surface area contributed by atoms with Gasteiger partial charge < -0.3 is 10.4 Å². The smallest absolute Gasteiger partial charge is 0.399 e. The van der Waals surface area contributed by atoms with Crippen molar-refractivity contribution in [3.05, 3.63) is 72.3 Å². The first-order valence-electron chi connectivity index (χ1n) is 15.5. The van der Waals surface area contributed by atoms with Crippen LogP contribution in [0.2, 0.25) is 0 Å². The lowest BCUT2D eigenvalue weighted by Gasteiger charge is -2.13. The maximum absolute atomic E-state index is 12.6. The minimum absolute atomic E-state index is 0.0715. The summed E-state index contributed by atoms with van der Waals surface area (Å²) in [6, 6.07) is 14.2. The number of hydrogen-bond acceptors (Lipinski definition) is 19. The van der Waals surface area contributed by atoms with Gasteiger partial charge in [0.1, 0.15) is 17.1 Å². The van der Waals surface area contributed by atoms with Crippen molar-refractivity contribution in [3.8, 4) is 5.75 Å². The standard InChI is InChI=1S/C30H33N5O16S5/c1-31-27-13-12-25-26(29(27)35-33-22-6-10-24(11-7-22)53(39,40)17-15-51-56(47,48)49-2)18-20(19-54(41,42)43)28(30(25)36)34-32-21-4-8-23(9-5-21)52(37,38)16-3-14-50-55(44,45)46/h4-13,18,31,36H,3,14-17,19H2,1-2H3,(H,41,42,43)(H,44,45,46). The molecule has 0 aliphatic carbocycles. The number of azo groups is 2. The molecule has 0 saturated heterocycles. The van der Waals surface area contributed by atoms with Crippen LogP contribution in [0.4, 0.5) is 28.4 Å². The van der Waals surface area contributed by atoms with Gasteiger partial charge in [0.15, 0.2) is 25.4 Å². The summed E-state index contributed by atoms with van der Waals surface area (Å²) in [5.41, 5.74) is 0.122. The third-order valence-electron chi connectivity index (χ3n) is 7.42. The molecule has 0 aliphatic rings. The Balaban J connectivity index is 1.65. The van der Waals surface area contributed by atoms with E-state index in [1.54, 1.807) is 7.05 Å². The van der Waals surface area contributed by atoms with E-state index >= 15 is 0 Å². The summed E-state index contributed by atoms with van der Waals surface area (Å²) in [7, 11) is -19.2. The van der Waals surface area contributed by atoms with Crippen LogP contribution in [0, 0.1) is 0 Å². The van der Waals surface area contributed by atoms with Crippen molar-refractivity contribution >= 4 is 89.8 Å². The van der Waals surface area contributed by atoms with Crippen molar-refractivity contribution in [2.24, 2.45) is 20.5 Å². The normalized spacial score (nSPS) is 13.2. The van der Waals surface area contributed by atoms with Crippen molar-refractivity contribution in [1.29, 1.82) is 0 Å². The van der Waals surface area contributed by atoms with Gasteiger partial charge in [-0.15, -0.1) is 10.2 Å². The molecular weight excluding hydrogens is 847 g/mol. The lowest BCUT2D eigenvalue weighted by molar-refractivity contribution is 0.255. The van der Waals surface area contributed by atoms with Gasteiger partial charge in [0.05, 0.1) is 58.7 Å². The van der Waals surface area contributed by atoms with Gasteiger partial charge in [-0.2, -0.15) is 35.5 Å². The van der Waals surface area contributed by atoms with E-state index in [4.69, 9.17) is 4.55 Å². The third-order valence-corrected chi connectivity index (χ3v) is 12.9. The van der Waals surface area contributed by atoms with E-state index in [9.17, 15) is 51.7 Å². The van der Waals surface area contributed by atoms with Crippen LogP contribution in [0.5, 0.6) is 5.75 Å². The van der Waals surface area contributed by atoms with Gasteiger partial charge in [0.25, 0.3) is 10.1 Å². The lowest BCUT2D eigenvalue weighted by Crippen LogP contribution is -2.16. The Labute approximate surface area is 321 Å². The van der Waals surface area contributed by atoms with Gasteiger partial charge in [-0.25, -0.2) is 25.2 Å². The Morgan fingerprint density at radius 1 is 0.643 bits per heavy atom. The van der Waals surface area contributed by atoms with E-state index in [0.717, 1.165) is 7.11 Å². The Morgan fingerprint density at radius 2 is 1.18 bits per heavy atom. The molecule has 56 heavy (non-hydrogen) atoms. The average Bonchev–Trinajstić information content (AvgIpc) is 3.11. The first-order chi connectivity index (χ1) is 26.0. The van der Waals surface area contributed by atoms with Crippen LogP contribution in [-0.2, 0) is 68.9 Å². The van der Waals surface area contributed by atoms with Crippen LogP contribution in [0.25, 0.3) is 10.8 Å². The fourth-order valence-corrected chi connectivity index (χ4v) is 8.61. The maximum Gasteiger partial charge on any atom is 0.399 e. The Bertz CT molecular complexity index is 2710. The predicted molar refractivity (Wildman–Crippen MR) is 200 cm³/mol. The molecule has 0 fully saturated rings. The summed E-state index contributed by atoms with van der Waals surface area (Å²) < 4.78 is 150. The summed E-state index contributed by atoms with van der Waals surface area (Å²) in [6.45, 7) is -1.26. The predicted octanol–water partition coefficient (Wildman–Crippen LogP) is 4.47. The number of sulfone groups is 2. The molecule has 0 unspecified atom stereocenters. The molecule has 4 aromatic carbocycles. The first-order valence-corrected chi connectivity index (χ1v) is 23.2. The fraction of sp³-hybridized carbons (Fsp3) is 0.267. The SMILES string of the molecule is CNc1ccc2c(O)c(N=Nc3ccc(S(=O)(=O)CCCOS(=O)(=O)O)cc3)c(CS(=O)(=O)O)cc2c1N=Nc1ccc(S(=O)(=O)CCOS(=O)(=O)OC)cc1. The summed E-state index contributed by atoms with van der Waals surface area (Å²) in [5, 5.41) is 30.9. The van der Waals surface area contributed by atoms with E-state index in [2.05, 4.69) is 38.3 Å². The Kier molecular flexibility index (Phi) is 14.0. The number of fused-ring (bicyclic) bond motifs is 1. The molecule has 4 rings (SSSR count). The average molecular weight is 880 g/mol. The highest BCUT2D eigenvalue weighted by Crippen LogP contribution is 2.45. The molecule has 0 heterocycles. The van der Waals surface area contributed by atoms with Crippen molar-refractivity contribution in [1.82, 2.24) is 0 Å². The van der Waals surface area contributed by atoms with Crippen LogP contribution in [0.15, 0.2) is 97.0 Å². The van der Waals surface area contributed by atoms with E-state index in [1.807, 2.05) is 0 Å². The molecule has 0 bridgehead atoms. The van der Waals surface area contributed by atoms with E-state index < -0.39 is 86.8 Å². The molecule has 304 valence electrons. The zero-order chi connectivity index (χ0) is 41.5. The van der Waals surface area contributed by atoms with Gasteiger partial charge >= 0.3 is 20.8 Å². The number of benzene rings is 4. The number of aromatic hydroxyl groups is 1. The highest BCUT2D eigenvalue weighted by molar-refractivity contribution is 7.91. The molecule has 0 aliphatic heterocycles. The number of hydrogen-bond donors (Lipinski definition) is 4. The first kappa shape index (κ1) is 44.2. The van der Waals surface area contributed by atoms with Crippen LogP contribution in [-0.4, -0.2) is 95.2 Å². The summed E-state index contributed by atoms with van der Waals surface area (Å²) in [5.74, 6) is -2.77. The highest BCUT2D eigenvalue weighted by atomic mass is 32.3. The topological polar surface area (TPSA) is 321 Å². The number of rotatable bonds is 19. The second kappa shape index (κ2) is 17.7. The van der Waals surface area contributed by atoms with Gasteiger partial charge in [-0.05, 0) is 73.2 Å². The van der Waals surface area contributed by atoms with Gasteiger partial charge in [0.2, 0.25) is 0 Å². The number of nitrogens with zero attached hydrogens (tertiary/aromatic N) is 4. The molecule has 21 nitrogen and oxygen atoms in total. The molecule has 4 aromatic rings. The number of anilines is 1. The van der Waals surface area contributed by atoms with Gasteiger partial charge in [-0.3, -0.25) is 13.3 Å². The zero-order valence-electron chi connectivity index (χ0n) is 29.1. The number of phenolic OH excluding ortho intramolecular Hbond substituents is 1. The summed E-state index contributed by atoms with van der Waals surface area (Å²) in [6.07, 6.45) is -0.245. The monoisotopic (exact) mass is 879 g/mol. The Hall–Kier alpha value is -4.51. The fourth-order valence-electron chi connectivity index (χ4n) is 4.81. The Morgan fingerprint density at radius 3 is 1.68 bits per heavy atom. The van der Waals surface area contributed by atoms with Crippen LogP contribution < -0.4 is 5.32 Å². The second-order valence-electron chi connectivity index (χ2n) is 11.3. The van der Waals surface area contributed by atoms with Crippen molar-refractivity contribution < 1.29 is 68.9 Å². The molecule has 0 atom stereocenters. The van der Waals surface area contributed by atoms with Gasteiger partial charge in [0, 0.05) is 23.4 Å². The van der Waals surface area contributed by atoms with Crippen LogP contribution >= 0.6 is 0 Å². The largest absolute Gasteiger partial charge is 0.505 e.